The average molecular weight is 618 g/mol. The highest BCUT2D eigenvalue weighted by Gasteiger charge is 2.64. The van der Waals surface area contributed by atoms with Gasteiger partial charge >= 0.3 is 0 Å². The van der Waals surface area contributed by atoms with Gasteiger partial charge in [0.2, 0.25) is 11.7 Å². The molecule has 1 aliphatic heterocycles. The number of halogens is 1. The molecule has 232 valence electrons. The first-order valence-electron chi connectivity index (χ1n) is 14.1. The lowest BCUT2D eigenvalue weighted by Crippen LogP contribution is -2.65. The predicted octanol–water partition coefficient (Wildman–Crippen LogP) is 0.516. The normalized spacial score (nSPS) is 27.6. The summed E-state index contributed by atoms with van der Waals surface area (Å²) < 4.78 is 0.830. The molecule has 13 nitrogen and oxygen atoms in total. The lowest BCUT2D eigenvalue weighted by atomic mass is 9.57. The molecule has 2 amide bonds. The van der Waals surface area contributed by atoms with Crippen LogP contribution in [-0.4, -0.2) is 102 Å². The number of nitrogens with one attached hydrogen (secondary N) is 1. The topological polar surface area (TPSA) is 197 Å². The number of carbonyl (C=O) groups is 4. The maximum atomic E-state index is 14.1. The zero-order chi connectivity index (χ0) is 31.7. The third-order valence-electron chi connectivity index (χ3n) is 9.25. The highest BCUT2D eigenvalue weighted by molar-refractivity contribution is 6.37. The van der Waals surface area contributed by atoms with Gasteiger partial charge in [-0.1, -0.05) is 0 Å². The lowest BCUT2D eigenvalue weighted by molar-refractivity contribution is -0.153. The number of piperidine rings is 1. The third-order valence-corrected chi connectivity index (χ3v) is 9.60. The largest absolute Gasteiger partial charge is 0.508 e. The highest BCUT2D eigenvalue weighted by Crippen LogP contribution is 2.55. The van der Waals surface area contributed by atoms with Crippen molar-refractivity contribution in [3.63, 3.8) is 0 Å². The Labute approximate surface area is 253 Å². The highest BCUT2D eigenvalue weighted by atomic mass is 35.5. The number of fused-ring (bicyclic) bond motifs is 3. The molecule has 0 bridgehead atoms. The minimum Gasteiger partial charge on any atom is -0.508 e. The van der Waals surface area contributed by atoms with Crippen LogP contribution in [-0.2, 0) is 25.6 Å². The van der Waals surface area contributed by atoms with Crippen LogP contribution in [0.3, 0.4) is 0 Å². The number of anilines is 2. The number of Topliss-reactive ketones (excluding diaryl/α,β-unsaturated/α-hetero) is 2. The molecule has 4 aliphatic rings. The molecule has 0 aromatic heterocycles. The maximum Gasteiger partial charge on any atom is 0.255 e. The molecule has 1 heterocycles. The fourth-order valence-corrected chi connectivity index (χ4v) is 7.44. The zero-order valence-corrected chi connectivity index (χ0v) is 25.1. The van der Waals surface area contributed by atoms with E-state index >= 15 is 0 Å². The van der Waals surface area contributed by atoms with Crippen LogP contribution in [0.15, 0.2) is 23.0 Å². The summed E-state index contributed by atoms with van der Waals surface area (Å²) in [5, 5.41) is 49.1. The smallest absolute Gasteiger partial charge is 0.255 e. The number of aromatic hydroxyl groups is 1. The molecule has 4 atom stereocenters. The van der Waals surface area contributed by atoms with Gasteiger partial charge in [-0.05, 0) is 70.4 Å². The van der Waals surface area contributed by atoms with Gasteiger partial charge in [-0.15, -0.1) is 0 Å². The van der Waals surface area contributed by atoms with Crippen molar-refractivity contribution in [1.82, 2.24) is 10.2 Å². The lowest BCUT2D eigenvalue weighted by Gasteiger charge is -2.50. The molecule has 7 N–H and O–H groups in total. The molecule has 5 rings (SSSR count). The van der Waals surface area contributed by atoms with Crippen LogP contribution in [0.5, 0.6) is 5.75 Å². The third kappa shape index (κ3) is 4.48. The molecule has 1 saturated carbocycles. The number of phenolic OH excluding ortho intramolecular Hbond substituents is 1. The van der Waals surface area contributed by atoms with Crippen LogP contribution >= 0.6 is 11.8 Å². The van der Waals surface area contributed by atoms with E-state index in [1.807, 2.05) is 0 Å². The van der Waals surface area contributed by atoms with Crippen LogP contribution in [0, 0.1) is 17.8 Å². The standard InChI is InChI=1S/C29H36ClN5O8/c1-33(2)16-11-17(35(30)28(42)12-5-7-32-8-6-12)22(36)19-14(16)9-13-10-15-21(34(3)4)24(38)20(27(31)41)26(40)29(15,43)25(39)18(13)23(19)37/h11-13,15,21,32,36-37,40,43H,5-10H2,1-4H3,(H2,31,41)/t13-,15-,21-,29-/m0/s1. The van der Waals surface area contributed by atoms with Crippen LogP contribution in [0.1, 0.15) is 30.4 Å². The van der Waals surface area contributed by atoms with Crippen molar-refractivity contribution in [3.05, 3.63) is 34.1 Å². The Morgan fingerprint density at radius 2 is 1.70 bits per heavy atom. The van der Waals surface area contributed by atoms with E-state index in [4.69, 9.17) is 17.5 Å². The molecule has 1 aromatic carbocycles. The first-order valence-corrected chi connectivity index (χ1v) is 14.4. The van der Waals surface area contributed by atoms with Crippen LogP contribution < -0.4 is 20.4 Å². The number of phenols is 1. The number of likely N-dealkylation sites (N-methyl/N-ethyl adjacent to an activating group) is 1. The minimum atomic E-state index is -2.74. The van der Waals surface area contributed by atoms with Crippen LogP contribution in [0.2, 0.25) is 0 Å². The Kier molecular flexibility index (Phi) is 7.74. The molecule has 2 fully saturated rings. The van der Waals surface area contributed by atoms with E-state index in [1.54, 1.807) is 39.2 Å². The summed E-state index contributed by atoms with van der Waals surface area (Å²) in [5.41, 5.74) is 2.24. The number of benzene rings is 1. The Balaban J connectivity index is 1.69. The van der Waals surface area contributed by atoms with Crippen molar-refractivity contribution < 1.29 is 39.6 Å². The van der Waals surface area contributed by atoms with Crippen molar-refractivity contribution >= 4 is 52.3 Å². The monoisotopic (exact) mass is 617 g/mol. The summed E-state index contributed by atoms with van der Waals surface area (Å²) in [6.45, 7) is 1.28. The Morgan fingerprint density at radius 1 is 1.07 bits per heavy atom. The number of rotatable bonds is 5. The second kappa shape index (κ2) is 10.8. The quantitative estimate of drug-likeness (QED) is 0.199. The zero-order valence-electron chi connectivity index (χ0n) is 24.3. The molecule has 0 radical (unpaired) electrons. The Hall–Kier alpha value is -3.65. The number of carbonyl (C=O) groups excluding carboxylic acids is 4. The van der Waals surface area contributed by atoms with Crippen molar-refractivity contribution in [3.8, 4) is 5.75 Å². The minimum absolute atomic E-state index is 0.0308. The van der Waals surface area contributed by atoms with Gasteiger partial charge in [-0.25, -0.2) is 4.42 Å². The molecular weight excluding hydrogens is 582 g/mol. The first-order chi connectivity index (χ1) is 20.1. The molecule has 0 unspecified atom stereocenters. The van der Waals surface area contributed by atoms with E-state index in [0.29, 0.717) is 37.2 Å². The number of aliphatic hydroxyl groups is 3. The van der Waals surface area contributed by atoms with Gasteiger partial charge in [0.1, 0.15) is 22.8 Å². The SMILES string of the molecule is CN(C)c1cc(N(Cl)C(=O)C2CCNCC2)c(O)c2c1C[C@H]1C[C@H]3[C@H](N(C)C)C(=O)C(C(N)=O)=C(O)[C@@]3(O)C(=O)C1=C2O. The molecule has 3 aliphatic carbocycles. The van der Waals surface area contributed by atoms with Gasteiger partial charge in [0.05, 0.1) is 11.6 Å². The molecule has 14 heteroatoms. The maximum absolute atomic E-state index is 14.1. The number of hydrogen-bond donors (Lipinski definition) is 6. The Bertz CT molecular complexity index is 1500. The van der Waals surface area contributed by atoms with Gasteiger partial charge in [-0.3, -0.25) is 24.1 Å². The summed E-state index contributed by atoms with van der Waals surface area (Å²) in [6.07, 6.45) is 1.19. The second-order valence-electron chi connectivity index (χ2n) is 12.1. The van der Waals surface area contributed by atoms with E-state index in [9.17, 15) is 39.6 Å². The first kappa shape index (κ1) is 30.8. The number of aliphatic hydroxyl groups excluding tert-OH is 2. The van der Waals surface area contributed by atoms with E-state index < -0.39 is 69.7 Å². The van der Waals surface area contributed by atoms with Crippen molar-refractivity contribution in [2.75, 3.05) is 50.6 Å². The number of ketones is 2. The number of amides is 2. The van der Waals surface area contributed by atoms with Gasteiger partial charge < -0.3 is 36.4 Å². The number of nitrogens with two attached hydrogens (primary N) is 1. The van der Waals surface area contributed by atoms with Crippen molar-refractivity contribution in [1.29, 1.82) is 0 Å². The summed E-state index contributed by atoms with van der Waals surface area (Å²) in [4.78, 5) is 56.0. The average Bonchev–Trinajstić information content (AvgIpc) is 2.94. The van der Waals surface area contributed by atoms with E-state index in [2.05, 4.69) is 5.32 Å². The van der Waals surface area contributed by atoms with E-state index in [1.165, 1.54) is 4.90 Å². The van der Waals surface area contributed by atoms with Crippen LogP contribution in [0.4, 0.5) is 11.4 Å². The van der Waals surface area contributed by atoms with E-state index in [-0.39, 0.29) is 35.6 Å². The van der Waals surface area contributed by atoms with Crippen LogP contribution in [0.25, 0.3) is 5.76 Å². The fourth-order valence-electron chi connectivity index (χ4n) is 7.17. The van der Waals surface area contributed by atoms with Gasteiger partial charge in [0, 0.05) is 49.0 Å². The number of primary amides is 1. The van der Waals surface area contributed by atoms with Crippen molar-refractivity contribution in [2.24, 2.45) is 23.5 Å². The predicted molar refractivity (Wildman–Crippen MR) is 158 cm³/mol. The number of nitrogens with zero attached hydrogens (tertiary/aromatic N) is 3. The van der Waals surface area contributed by atoms with Crippen molar-refractivity contribution in [2.45, 2.75) is 37.3 Å². The van der Waals surface area contributed by atoms with Gasteiger partial charge in [0.15, 0.2) is 17.1 Å². The molecule has 1 aromatic rings. The second-order valence-corrected chi connectivity index (χ2v) is 12.5. The summed E-state index contributed by atoms with van der Waals surface area (Å²) in [6, 6.07) is 0.368. The molecule has 0 spiro atoms. The fraction of sp³-hybridized carbons (Fsp3) is 0.517. The van der Waals surface area contributed by atoms with E-state index in [0.717, 1.165) is 4.42 Å². The Morgan fingerprint density at radius 3 is 2.26 bits per heavy atom. The molecule has 1 saturated heterocycles. The number of hydrogen-bond acceptors (Lipinski definition) is 11. The van der Waals surface area contributed by atoms with Gasteiger partial charge in [0.25, 0.3) is 5.91 Å². The summed E-state index contributed by atoms with van der Waals surface area (Å²) >= 11 is 6.53. The molecule has 43 heavy (non-hydrogen) atoms. The molecular formula is C29H36ClN5O8. The van der Waals surface area contributed by atoms with Gasteiger partial charge in [-0.2, -0.15) is 0 Å². The summed E-state index contributed by atoms with van der Waals surface area (Å²) in [7, 11) is 6.56. The summed E-state index contributed by atoms with van der Waals surface area (Å²) in [5.74, 6) is -8.29.